The van der Waals surface area contributed by atoms with E-state index in [0.29, 0.717) is 6.42 Å². The van der Waals surface area contributed by atoms with Crippen molar-refractivity contribution in [1.82, 2.24) is 0 Å². The average Bonchev–Trinajstić information content (AvgIpc) is 2.10. The summed E-state index contributed by atoms with van der Waals surface area (Å²) in [6, 6.07) is -0.564. The zero-order chi connectivity index (χ0) is 10.3. The van der Waals surface area contributed by atoms with Gasteiger partial charge >= 0.3 is 5.97 Å². The Bertz CT molecular complexity index is 152. The molecule has 0 saturated carbocycles. The van der Waals surface area contributed by atoms with Crippen LogP contribution in [0.5, 0.6) is 0 Å². The van der Waals surface area contributed by atoms with Gasteiger partial charge in [0, 0.05) is 0 Å². The third-order valence-corrected chi connectivity index (χ3v) is 2.05. The molecule has 1 unspecified atom stereocenters. The Hall–Kier alpha value is -0.260. The Morgan fingerprint density at radius 2 is 2.31 bits per heavy atom. The number of thioether (sulfide) groups is 1. The van der Waals surface area contributed by atoms with Gasteiger partial charge < -0.3 is 15.6 Å². The number of ether oxygens (including phenoxy) is 1. The van der Waals surface area contributed by atoms with Gasteiger partial charge in [-0.3, -0.25) is 4.79 Å². The second-order valence-corrected chi connectivity index (χ2v) is 3.85. The Kier molecular flexibility index (Phi) is 7.03. The van der Waals surface area contributed by atoms with E-state index >= 15 is 0 Å². The minimum Gasteiger partial charge on any atom is -0.462 e. The Morgan fingerprint density at radius 3 is 2.77 bits per heavy atom. The highest BCUT2D eigenvalue weighted by molar-refractivity contribution is 7.98. The fourth-order valence-corrected chi connectivity index (χ4v) is 1.16. The normalized spacial score (nSPS) is 15.1. The Labute approximate surface area is 82.8 Å². The quantitative estimate of drug-likeness (QED) is 0.599. The molecule has 0 aliphatic heterocycles. The maximum atomic E-state index is 11.1. The fraction of sp³-hybridized carbons (Fsp3) is 0.875. The average molecular weight is 207 g/mol. The van der Waals surface area contributed by atoms with Crippen molar-refractivity contribution in [2.75, 3.05) is 18.6 Å². The van der Waals surface area contributed by atoms with Crippen LogP contribution in [0.25, 0.3) is 0 Å². The van der Waals surface area contributed by atoms with Crippen molar-refractivity contribution in [2.24, 2.45) is 5.73 Å². The van der Waals surface area contributed by atoms with Crippen LogP contribution in [0.4, 0.5) is 0 Å². The molecule has 13 heavy (non-hydrogen) atoms. The van der Waals surface area contributed by atoms with Crippen molar-refractivity contribution >= 4 is 17.7 Å². The van der Waals surface area contributed by atoms with Gasteiger partial charge in [-0.05, 0) is 25.4 Å². The molecular formula is C8H17NO3S. The first kappa shape index (κ1) is 12.7. The van der Waals surface area contributed by atoms with Gasteiger partial charge in [0.05, 0.1) is 6.10 Å². The highest BCUT2D eigenvalue weighted by Gasteiger charge is 2.14. The third kappa shape index (κ3) is 6.86. The first-order valence-electron chi connectivity index (χ1n) is 4.17. The van der Waals surface area contributed by atoms with Gasteiger partial charge in [0.1, 0.15) is 12.6 Å². The van der Waals surface area contributed by atoms with E-state index in [1.165, 1.54) is 0 Å². The first-order valence-corrected chi connectivity index (χ1v) is 5.56. The van der Waals surface area contributed by atoms with Gasteiger partial charge in [-0.1, -0.05) is 0 Å². The summed E-state index contributed by atoms with van der Waals surface area (Å²) in [5, 5.41) is 8.84. The number of aliphatic hydroxyl groups is 1. The molecule has 0 radical (unpaired) electrons. The van der Waals surface area contributed by atoms with Crippen LogP contribution >= 0.6 is 11.8 Å². The molecule has 5 heteroatoms. The molecule has 0 heterocycles. The topological polar surface area (TPSA) is 72.6 Å². The third-order valence-electron chi connectivity index (χ3n) is 1.40. The summed E-state index contributed by atoms with van der Waals surface area (Å²) in [5.74, 6) is 0.403. The zero-order valence-electron chi connectivity index (χ0n) is 8.03. The van der Waals surface area contributed by atoms with E-state index in [0.717, 1.165) is 5.75 Å². The van der Waals surface area contributed by atoms with Crippen LogP contribution < -0.4 is 5.73 Å². The van der Waals surface area contributed by atoms with E-state index in [2.05, 4.69) is 0 Å². The molecule has 2 atom stereocenters. The van der Waals surface area contributed by atoms with Gasteiger partial charge in [-0.15, -0.1) is 0 Å². The number of esters is 1. The number of aliphatic hydroxyl groups excluding tert-OH is 1. The number of rotatable bonds is 6. The van der Waals surface area contributed by atoms with Crippen molar-refractivity contribution in [3.8, 4) is 0 Å². The second kappa shape index (κ2) is 7.17. The van der Waals surface area contributed by atoms with Crippen LogP contribution in [0.1, 0.15) is 13.3 Å². The molecular weight excluding hydrogens is 190 g/mol. The SMILES string of the molecule is CSCC[C@@H](N)C(=O)OCC(C)O. The van der Waals surface area contributed by atoms with Crippen molar-refractivity contribution in [1.29, 1.82) is 0 Å². The maximum Gasteiger partial charge on any atom is 0.323 e. The molecule has 3 N–H and O–H groups in total. The Balaban J connectivity index is 3.57. The molecule has 0 aliphatic carbocycles. The largest absolute Gasteiger partial charge is 0.462 e. The van der Waals surface area contributed by atoms with Crippen LogP contribution in [0.15, 0.2) is 0 Å². The van der Waals surface area contributed by atoms with E-state index in [-0.39, 0.29) is 6.61 Å². The van der Waals surface area contributed by atoms with Crippen LogP contribution in [-0.4, -0.2) is 41.8 Å². The Morgan fingerprint density at radius 1 is 1.69 bits per heavy atom. The molecule has 0 spiro atoms. The molecule has 0 bridgehead atoms. The summed E-state index contributed by atoms with van der Waals surface area (Å²) >= 11 is 1.63. The number of hydrogen-bond acceptors (Lipinski definition) is 5. The second-order valence-electron chi connectivity index (χ2n) is 2.87. The van der Waals surface area contributed by atoms with Crippen molar-refractivity contribution in [3.05, 3.63) is 0 Å². The molecule has 0 amide bonds. The van der Waals surface area contributed by atoms with E-state index < -0.39 is 18.1 Å². The van der Waals surface area contributed by atoms with Gasteiger partial charge in [-0.2, -0.15) is 11.8 Å². The fourth-order valence-electron chi connectivity index (χ4n) is 0.672. The van der Waals surface area contributed by atoms with Crippen molar-refractivity contribution in [3.63, 3.8) is 0 Å². The number of nitrogens with two attached hydrogens (primary N) is 1. The molecule has 78 valence electrons. The lowest BCUT2D eigenvalue weighted by Gasteiger charge is -2.11. The van der Waals surface area contributed by atoms with Crippen LogP contribution in [0.3, 0.4) is 0 Å². The summed E-state index contributed by atoms with van der Waals surface area (Å²) in [7, 11) is 0. The molecule has 0 fully saturated rings. The monoisotopic (exact) mass is 207 g/mol. The molecule has 0 aliphatic rings. The molecule has 0 aromatic rings. The van der Waals surface area contributed by atoms with Gasteiger partial charge in [0.2, 0.25) is 0 Å². The predicted octanol–water partition coefficient (Wildman–Crippen LogP) is -0.00920. The molecule has 0 saturated heterocycles. The standard InChI is InChI=1S/C8H17NO3S/c1-6(10)5-12-8(11)7(9)3-4-13-2/h6-7,10H,3-5,9H2,1-2H3/t6?,7-/m1/s1. The zero-order valence-corrected chi connectivity index (χ0v) is 8.84. The lowest BCUT2D eigenvalue weighted by molar-refractivity contribution is -0.147. The van der Waals surface area contributed by atoms with Gasteiger partial charge in [0.15, 0.2) is 0 Å². The van der Waals surface area contributed by atoms with Crippen LogP contribution in [0, 0.1) is 0 Å². The molecule has 4 nitrogen and oxygen atoms in total. The van der Waals surface area contributed by atoms with Crippen molar-refractivity contribution < 1.29 is 14.6 Å². The minimum absolute atomic E-state index is 0.0196. The summed E-state index contributed by atoms with van der Waals surface area (Å²) in [5.41, 5.74) is 5.52. The number of carbonyl (C=O) groups excluding carboxylic acids is 1. The van der Waals surface area contributed by atoms with Crippen molar-refractivity contribution in [2.45, 2.75) is 25.5 Å². The summed E-state index contributed by atoms with van der Waals surface area (Å²) in [6.07, 6.45) is 1.94. The van der Waals surface area contributed by atoms with E-state index in [1.54, 1.807) is 18.7 Å². The van der Waals surface area contributed by atoms with Gasteiger partial charge in [-0.25, -0.2) is 0 Å². The van der Waals surface area contributed by atoms with Gasteiger partial charge in [0.25, 0.3) is 0 Å². The first-order chi connectivity index (χ1) is 6.07. The lowest BCUT2D eigenvalue weighted by Crippen LogP contribution is -2.34. The van der Waals surface area contributed by atoms with E-state index in [1.807, 2.05) is 6.26 Å². The highest BCUT2D eigenvalue weighted by atomic mass is 32.2. The maximum absolute atomic E-state index is 11.1. The van der Waals surface area contributed by atoms with E-state index in [4.69, 9.17) is 15.6 Å². The highest BCUT2D eigenvalue weighted by Crippen LogP contribution is 2.00. The lowest BCUT2D eigenvalue weighted by atomic mass is 10.2. The molecule has 0 aromatic carbocycles. The molecule has 0 aromatic heterocycles. The summed E-state index contributed by atoms with van der Waals surface area (Å²) in [4.78, 5) is 11.1. The molecule has 0 rings (SSSR count). The van der Waals surface area contributed by atoms with Crippen LogP contribution in [0.2, 0.25) is 0 Å². The smallest absolute Gasteiger partial charge is 0.323 e. The minimum atomic E-state index is -0.628. The van der Waals surface area contributed by atoms with E-state index in [9.17, 15) is 4.79 Å². The van der Waals surface area contributed by atoms with Crippen LogP contribution in [-0.2, 0) is 9.53 Å². The summed E-state index contributed by atoms with van der Waals surface area (Å²) in [6.45, 7) is 1.58. The number of hydrogen-bond donors (Lipinski definition) is 2. The number of carbonyl (C=O) groups is 1. The predicted molar refractivity (Wildman–Crippen MR) is 53.6 cm³/mol. The summed E-state index contributed by atoms with van der Waals surface area (Å²) < 4.78 is 4.74.